The summed E-state index contributed by atoms with van der Waals surface area (Å²) in [6.45, 7) is 3.92. The van der Waals surface area contributed by atoms with Crippen LogP contribution in [0, 0.1) is 13.8 Å². The van der Waals surface area contributed by atoms with Crippen LogP contribution in [0.5, 0.6) is 0 Å². The number of nitrogens with zero attached hydrogens (tertiary/aromatic N) is 3. The Morgan fingerprint density at radius 2 is 2.00 bits per heavy atom. The number of benzene rings is 1. The molecule has 0 aliphatic rings. The number of carbonyl (C=O) groups is 1. The molecule has 0 spiro atoms. The van der Waals surface area contributed by atoms with E-state index in [2.05, 4.69) is 15.4 Å². The van der Waals surface area contributed by atoms with Crippen LogP contribution in [0.25, 0.3) is 21.5 Å². The van der Waals surface area contributed by atoms with Gasteiger partial charge >= 0.3 is 0 Å². The molecule has 1 N–H and O–H groups in total. The zero-order valence-corrected chi connectivity index (χ0v) is 16.2. The number of aromatic nitrogens is 3. The van der Waals surface area contributed by atoms with E-state index in [4.69, 9.17) is 4.42 Å². The highest BCUT2D eigenvalue weighted by atomic mass is 32.1. The van der Waals surface area contributed by atoms with E-state index < -0.39 is 0 Å². The Bertz CT molecular complexity index is 1190. The summed E-state index contributed by atoms with van der Waals surface area (Å²) in [5.74, 6) is 0.312. The lowest BCUT2D eigenvalue weighted by atomic mass is 10.1. The van der Waals surface area contributed by atoms with Gasteiger partial charge in [0.2, 0.25) is 5.91 Å². The Morgan fingerprint density at radius 3 is 2.71 bits per heavy atom. The molecule has 8 heteroatoms. The van der Waals surface area contributed by atoms with Crippen molar-refractivity contribution in [3.63, 3.8) is 0 Å². The first kappa shape index (κ1) is 18.1. The van der Waals surface area contributed by atoms with E-state index in [1.165, 1.54) is 16.0 Å². The van der Waals surface area contributed by atoms with Crippen LogP contribution in [-0.4, -0.2) is 20.7 Å². The number of amides is 1. The number of fused-ring (bicyclic) bond motifs is 1. The van der Waals surface area contributed by atoms with Crippen molar-refractivity contribution in [2.75, 3.05) is 0 Å². The molecule has 0 atom stereocenters. The summed E-state index contributed by atoms with van der Waals surface area (Å²) in [4.78, 5) is 29.5. The van der Waals surface area contributed by atoms with Crippen LogP contribution in [0.15, 0.2) is 51.9 Å². The maximum Gasteiger partial charge on any atom is 0.294 e. The van der Waals surface area contributed by atoms with E-state index in [1.54, 1.807) is 18.4 Å². The first-order valence-electron chi connectivity index (χ1n) is 8.75. The minimum absolute atomic E-state index is 0.190. The summed E-state index contributed by atoms with van der Waals surface area (Å²) in [5.41, 5.74) is 2.63. The first-order chi connectivity index (χ1) is 13.5. The molecule has 3 aromatic heterocycles. The Hall–Kier alpha value is -3.26. The summed E-state index contributed by atoms with van der Waals surface area (Å²) in [7, 11) is 0. The monoisotopic (exact) mass is 394 g/mol. The van der Waals surface area contributed by atoms with Gasteiger partial charge < -0.3 is 9.73 Å². The van der Waals surface area contributed by atoms with Gasteiger partial charge in [-0.3, -0.25) is 9.59 Å². The van der Waals surface area contributed by atoms with Gasteiger partial charge in [-0.2, -0.15) is 5.10 Å². The van der Waals surface area contributed by atoms with Crippen LogP contribution in [0.1, 0.15) is 16.3 Å². The highest BCUT2D eigenvalue weighted by molar-refractivity contribution is 7.19. The number of furan rings is 1. The number of hydrogen-bond donors (Lipinski definition) is 1. The molecule has 3 heterocycles. The second kappa shape index (κ2) is 7.40. The normalized spacial score (nSPS) is 11.1. The molecule has 4 rings (SSSR count). The number of hydrogen-bond acceptors (Lipinski definition) is 6. The fourth-order valence-electron chi connectivity index (χ4n) is 2.86. The highest BCUT2D eigenvalue weighted by Crippen LogP contribution is 2.29. The third kappa shape index (κ3) is 3.59. The number of aryl methyl sites for hydroxylation is 2. The minimum Gasteiger partial charge on any atom is -0.467 e. The van der Waals surface area contributed by atoms with Crippen molar-refractivity contribution in [1.82, 2.24) is 20.1 Å². The largest absolute Gasteiger partial charge is 0.467 e. The van der Waals surface area contributed by atoms with Crippen molar-refractivity contribution in [2.24, 2.45) is 0 Å². The van der Waals surface area contributed by atoms with Gasteiger partial charge in [0.05, 0.1) is 22.5 Å². The van der Waals surface area contributed by atoms with Gasteiger partial charge in [-0.25, -0.2) is 9.67 Å². The highest BCUT2D eigenvalue weighted by Gasteiger charge is 2.18. The maximum atomic E-state index is 12.8. The fourth-order valence-corrected chi connectivity index (χ4v) is 3.78. The van der Waals surface area contributed by atoms with E-state index >= 15 is 0 Å². The standard InChI is InChI=1S/C20H18N4O3S/c1-12-5-7-14(8-6-12)17-19-18(22-13(2)28-19)20(26)24(23-17)11-16(25)21-10-15-4-3-9-27-15/h3-9H,10-11H2,1-2H3,(H,21,25). The second-order valence-electron chi connectivity index (χ2n) is 6.44. The van der Waals surface area contributed by atoms with Crippen molar-refractivity contribution < 1.29 is 9.21 Å². The summed E-state index contributed by atoms with van der Waals surface area (Å²) in [6, 6.07) is 11.4. The molecule has 0 saturated heterocycles. The van der Waals surface area contributed by atoms with Crippen LogP contribution in [-0.2, 0) is 17.9 Å². The van der Waals surface area contributed by atoms with Crippen LogP contribution < -0.4 is 10.9 Å². The molecule has 1 aromatic carbocycles. The predicted octanol–water partition coefficient (Wildman–Crippen LogP) is 3.05. The zero-order chi connectivity index (χ0) is 19.7. The summed E-state index contributed by atoms with van der Waals surface area (Å²) >= 11 is 1.43. The smallest absolute Gasteiger partial charge is 0.294 e. The summed E-state index contributed by atoms with van der Waals surface area (Å²) in [6.07, 6.45) is 1.54. The lowest BCUT2D eigenvalue weighted by Crippen LogP contribution is -2.33. The van der Waals surface area contributed by atoms with Crippen molar-refractivity contribution in [2.45, 2.75) is 26.9 Å². The summed E-state index contributed by atoms with van der Waals surface area (Å²) in [5, 5.41) is 8.00. The minimum atomic E-state index is -0.372. The lowest BCUT2D eigenvalue weighted by molar-refractivity contribution is -0.122. The van der Waals surface area contributed by atoms with Gasteiger partial charge in [0.1, 0.15) is 18.0 Å². The third-order valence-electron chi connectivity index (χ3n) is 4.27. The first-order valence-corrected chi connectivity index (χ1v) is 9.57. The Labute approximate surface area is 164 Å². The number of rotatable bonds is 5. The molecule has 0 aliphatic heterocycles. The average Bonchev–Trinajstić information content (AvgIpc) is 3.33. The van der Waals surface area contributed by atoms with Crippen molar-refractivity contribution in [1.29, 1.82) is 0 Å². The predicted molar refractivity (Wildman–Crippen MR) is 107 cm³/mol. The molecule has 0 aliphatic carbocycles. The Morgan fingerprint density at radius 1 is 1.21 bits per heavy atom. The van der Waals surface area contributed by atoms with E-state index in [9.17, 15) is 9.59 Å². The van der Waals surface area contributed by atoms with E-state index in [0.717, 1.165) is 20.8 Å². The van der Waals surface area contributed by atoms with E-state index in [-0.39, 0.29) is 24.6 Å². The lowest BCUT2D eigenvalue weighted by Gasteiger charge is -2.09. The second-order valence-corrected chi connectivity index (χ2v) is 7.65. The molecule has 0 unspecified atom stereocenters. The third-order valence-corrected chi connectivity index (χ3v) is 5.24. The number of thiazole rings is 1. The molecule has 0 radical (unpaired) electrons. The van der Waals surface area contributed by atoms with Gasteiger partial charge in [0, 0.05) is 5.56 Å². The molecule has 4 aromatic rings. The molecule has 28 heavy (non-hydrogen) atoms. The van der Waals surface area contributed by atoms with Crippen molar-refractivity contribution >= 4 is 27.5 Å². The van der Waals surface area contributed by atoms with E-state index in [0.29, 0.717) is 17.0 Å². The Kier molecular flexibility index (Phi) is 4.79. The topological polar surface area (TPSA) is 90.0 Å². The molecular weight excluding hydrogens is 376 g/mol. The quantitative estimate of drug-likeness (QED) is 0.562. The van der Waals surface area contributed by atoms with Crippen molar-refractivity contribution in [3.8, 4) is 11.3 Å². The fraction of sp³-hybridized carbons (Fsp3) is 0.200. The number of nitrogens with one attached hydrogen (secondary N) is 1. The van der Waals surface area contributed by atoms with Crippen molar-refractivity contribution in [3.05, 3.63) is 69.3 Å². The molecule has 1 amide bonds. The molecule has 0 fully saturated rings. The maximum absolute atomic E-state index is 12.8. The van der Waals surface area contributed by atoms with Crippen LogP contribution >= 0.6 is 11.3 Å². The Balaban J connectivity index is 1.70. The van der Waals surface area contributed by atoms with E-state index in [1.807, 2.05) is 38.1 Å². The van der Waals surface area contributed by atoms with Gasteiger partial charge in [-0.15, -0.1) is 11.3 Å². The van der Waals surface area contributed by atoms with Crippen LogP contribution in [0.2, 0.25) is 0 Å². The van der Waals surface area contributed by atoms with Gasteiger partial charge in [-0.1, -0.05) is 29.8 Å². The average molecular weight is 394 g/mol. The summed E-state index contributed by atoms with van der Waals surface area (Å²) < 4.78 is 7.11. The number of carbonyl (C=O) groups excluding carboxylic acids is 1. The van der Waals surface area contributed by atoms with Crippen LogP contribution in [0.3, 0.4) is 0 Å². The molecule has 0 saturated carbocycles. The van der Waals surface area contributed by atoms with Crippen LogP contribution in [0.4, 0.5) is 0 Å². The van der Waals surface area contributed by atoms with Gasteiger partial charge in [0.25, 0.3) is 5.56 Å². The molecule has 142 valence electrons. The molecule has 0 bridgehead atoms. The molecule has 7 nitrogen and oxygen atoms in total. The van der Waals surface area contributed by atoms with Gasteiger partial charge in [-0.05, 0) is 26.0 Å². The zero-order valence-electron chi connectivity index (χ0n) is 15.4. The van der Waals surface area contributed by atoms with Gasteiger partial charge in [0.15, 0.2) is 5.52 Å². The molecular formula is C20H18N4O3S. The SMILES string of the molecule is Cc1ccc(-c2nn(CC(=O)NCc3ccco3)c(=O)c3nc(C)sc23)cc1.